The number of carbonyl (C=O) groups excluding carboxylic acids is 1. The molecule has 0 spiro atoms. The molecule has 3 rings (SSSR count). The highest BCUT2D eigenvalue weighted by Crippen LogP contribution is 2.24. The van der Waals surface area contributed by atoms with Gasteiger partial charge in [0.05, 0.1) is 5.75 Å². The summed E-state index contributed by atoms with van der Waals surface area (Å²) in [5, 5.41) is 12.7. The maximum atomic E-state index is 12.3. The van der Waals surface area contributed by atoms with Crippen molar-refractivity contribution < 1.29 is 9.53 Å². The van der Waals surface area contributed by atoms with Crippen molar-refractivity contribution in [3.8, 4) is 11.4 Å². The smallest absolute Gasteiger partial charge is 0.234 e. The number of nitrogens with one attached hydrogen (secondary N) is 1. The predicted molar refractivity (Wildman–Crippen MR) is 111 cm³/mol. The monoisotopic (exact) mass is 417 g/mol. The van der Waals surface area contributed by atoms with Crippen LogP contribution in [0.25, 0.3) is 11.4 Å². The number of aromatic nitrogens is 4. The van der Waals surface area contributed by atoms with Crippen LogP contribution in [0.4, 0.5) is 5.69 Å². The summed E-state index contributed by atoms with van der Waals surface area (Å²) in [7, 11) is 1.67. The fourth-order valence-electron chi connectivity index (χ4n) is 2.57. The molecule has 0 bridgehead atoms. The second-order valence-corrected chi connectivity index (χ2v) is 7.27. The minimum Gasteiger partial charge on any atom is -0.385 e. The summed E-state index contributed by atoms with van der Waals surface area (Å²) in [6.07, 6.45) is 4.25. The minimum atomic E-state index is -0.135. The van der Waals surface area contributed by atoms with Crippen molar-refractivity contribution in [1.82, 2.24) is 19.7 Å². The number of thioether (sulfide) groups is 1. The molecule has 1 N–H and O–H groups in total. The maximum absolute atomic E-state index is 12.3. The van der Waals surface area contributed by atoms with Crippen molar-refractivity contribution in [2.24, 2.45) is 0 Å². The number of ether oxygens (including phenoxy) is 1. The van der Waals surface area contributed by atoms with Crippen molar-refractivity contribution in [3.05, 3.63) is 53.8 Å². The van der Waals surface area contributed by atoms with E-state index in [0.717, 1.165) is 17.8 Å². The van der Waals surface area contributed by atoms with Crippen LogP contribution in [-0.4, -0.2) is 45.1 Å². The molecule has 0 unspecified atom stereocenters. The van der Waals surface area contributed by atoms with Crippen LogP contribution in [0, 0.1) is 0 Å². The highest BCUT2D eigenvalue weighted by Gasteiger charge is 2.15. The Balaban J connectivity index is 1.70. The van der Waals surface area contributed by atoms with Crippen LogP contribution in [0.3, 0.4) is 0 Å². The molecule has 7 nitrogen and oxygen atoms in total. The lowest BCUT2D eigenvalue weighted by atomic mass is 10.2. The van der Waals surface area contributed by atoms with Crippen molar-refractivity contribution in [3.63, 3.8) is 0 Å². The lowest BCUT2D eigenvalue weighted by molar-refractivity contribution is -0.113. The molecule has 2 heterocycles. The zero-order valence-electron chi connectivity index (χ0n) is 15.3. The van der Waals surface area contributed by atoms with E-state index in [4.69, 9.17) is 16.3 Å². The van der Waals surface area contributed by atoms with Gasteiger partial charge in [-0.15, -0.1) is 10.2 Å². The molecule has 0 saturated heterocycles. The number of pyridine rings is 1. The Kier molecular flexibility index (Phi) is 7.41. The molecular formula is C19H20ClN5O2S. The molecule has 3 aromatic rings. The number of nitrogens with zero attached hydrogens (tertiary/aromatic N) is 4. The largest absolute Gasteiger partial charge is 0.385 e. The van der Waals surface area contributed by atoms with E-state index in [0.29, 0.717) is 29.0 Å². The van der Waals surface area contributed by atoms with Crippen molar-refractivity contribution in [2.75, 3.05) is 24.8 Å². The van der Waals surface area contributed by atoms with E-state index in [9.17, 15) is 4.79 Å². The number of carbonyl (C=O) groups is 1. The summed E-state index contributed by atoms with van der Waals surface area (Å²) in [4.78, 5) is 16.3. The third-order valence-corrected chi connectivity index (χ3v) is 5.03. The average Bonchev–Trinajstić information content (AvgIpc) is 3.10. The minimum absolute atomic E-state index is 0.135. The molecule has 1 aromatic carbocycles. The Morgan fingerprint density at radius 2 is 2.07 bits per heavy atom. The predicted octanol–water partition coefficient (Wildman–Crippen LogP) is 3.76. The number of rotatable bonds is 9. The third-order valence-electron chi connectivity index (χ3n) is 3.83. The Hall–Kier alpha value is -2.42. The summed E-state index contributed by atoms with van der Waals surface area (Å²) in [5.74, 6) is 0.825. The molecule has 9 heteroatoms. The average molecular weight is 418 g/mol. The molecule has 0 radical (unpaired) electrons. The van der Waals surface area contributed by atoms with E-state index in [1.165, 1.54) is 11.8 Å². The van der Waals surface area contributed by atoms with E-state index in [1.54, 1.807) is 43.8 Å². The van der Waals surface area contributed by atoms with Gasteiger partial charge >= 0.3 is 0 Å². The van der Waals surface area contributed by atoms with Gasteiger partial charge in [-0.05, 0) is 36.8 Å². The molecule has 0 aliphatic carbocycles. The zero-order chi connectivity index (χ0) is 19.8. The van der Waals surface area contributed by atoms with E-state index < -0.39 is 0 Å². The Labute approximate surface area is 172 Å². The maximum Gasteiger partial charge on any atom is 0.234 e. The van der Waals surface area contributed by atoms with Gasteiger partial charge in [-0.25, -0.2) is 0 Å². The van der Waals surface area contributed by atoms with Gasteiger partial charge in [0, 0.05) is 48.9 Å². The van der Waals surface area contributed by atoms with E-state index in [1.807, 2.05) is 16.7 Å². The van der Waals surface area contributed by atoms with Crippen LogP contribution in [0.15, 0.2) is 53.9 Å². The lowest BCUT2D eigenvalue weighted by Crippen LogP contribution is -2.14. The Bertz CT molecular complexity index is 920. The van der Waals surface area contributed by atoms with Crippen LogP contribution in [0.5, 0.6) is 0 Å². The molecule has 0 saturated carbocycles. The normalized spacial score (nSPS) is 10.8. The first-order valence-corrected chi connectivity index (χ1v) is 10.0. The number of methoxy groups -OCH3 is 1. The van der Waals surface area contributed by atoms with Crippen LogP contribution in [0.1, 0.15) is 6.42 Å². The van der Waals surface area contributed by atoms with Gasteiger partial charge in [0.15, 0.2) is 11.0 Å². The van der Waals surface area contributed by atoms with Gasteiger partial charge in [0.1, 0.15) is 0 Å². The van der Waals surface area contributed by atoms with Crippen LogP contribution < -0.4 is 5.32 Å². The second kappa shape index (κ2) is 10.2. The van der Waals surface area contributed by atoms with Gasteiger partial charge in [0.2, 0.25) is 5.91 Å². The SMILES string of the molecule is COCCCn1c(SCC(=O)Nc2cccc(Cl)c2)nnc1-c1ccncc1. The van der Waals surface area contributed by atoms with Crippen LogP contribution in [-0.2, 0) is 16.1 Å². The summed E-state index contributed by atoms with van der Waals surface area (Å²) >= 11 is 7.29. The topological polar surface area (TPSA) is 81.9 Å². The van der Waals surface area contributed by atoms with Crippen molar-refractivity contribution in [2.45, 2.75) is 18.1 Å². The van der Waals surface area contributed by atoms with Gasteiger partial charge < -0.3 is 14.6 Å². The second-order valence-electron chi connectivity index (χ2n) is 5.89. The molecule has 28 heavy (non-hydrogen) atoms. The first-order valence-electron chi connectivity index (χ1n) is 8.68. The number of benzene rings is 1. The molecule has 0 atom stereocenters. The molecule has 0 aliphatic rings. The van der Waals surface area contributed by atoms with Gasteiger partial charge in [0.25, 0.3) is 0 Å². The molecule has 0 fully saturated rings. The molecule has 0 aliphatic heterocycles. The fraction of sp³-hybridized carbons (Fsp3) is 0.263. The van der Waals surface area contributed by atoms with Gasteiger partial charge in [-0.1, -0.05) is 29.4 Å². The first kappa shape index (κ1) is 20.3. The summed E-state index contributed by atoms with van der Waals surface area (Å²) < 4.78 is 7.16. The standard InChI is InChI=1S/C19H20ClN5O2S/c1-27-11-3-10-25-18(14-6-8-21-9-7-14)23-24-19(25)28-13-17(26)22-16-5-2-4-15(20)12-16/h2,4-9,12H,3,10-11,13H2,1H3,(H,22,26). The van der Waals surface area contributed by atoms with Crippen molar-refractivity contribution >= 4 is 35.0 Å². The number of halogens is 1. The van der Waals surface area contributed by atoms with Gasteiger partial charge in [-0.3, -0.25) is 9.78 Å². The Morgan fingerprint density at radius 3 is 2.82 bits per heavy atom. The summed E-state index contributed by atoms with van der Waals surface area (Å²) in [6.45, 7) is 1.32. The van der Waals surface area contributed by atoms with Crippen LogP contribution in [0.2, 0.25) is 5.02 Å². The molecular weight excluding hydrogens is 398 g/mol. The summed E-state index contributed by atoms with van der Waals surface area (Å²) in [6, 6.07) is 10.8. The van der Waals surface area contributed by atoms with E-state index in [2.05, 4.69) is 20.5 Å². The molecule has 2 aromatic heterocycles. The quantitative estimate of drug-likeness (QED) is 0.421. The number of amides is 1. The first-order chi connectivity index (χ1) is 13.7. The van der Waals surface area contributed by atoms with Crippen molar-refractivity contribution in [1.29, 1.82) is 0 Å². The lowest BCUT2D eigenvalue weighted by Gasteiger charge is -2.10. The Morgan fingerprint density at radius 1 is 1.25 bits per heavy atom. The number of anilines is 1. The molecule has 1 amide bonds. The molecule has 146 valence electrons. The summed E-state index contributed by atoms with van der Waals surface area (Å²) in [5.41, 5.74) is 1.59. The highest BCUT2D eigenvalue weighted by molar-refractivity contribution is 7.99. The van der Waals surface area contributed by atoms with E-state index in [-0.39, 0.29) is 11.7 Å². The highest BCUT2D eigenvalue weighted by atomic mass is 35.5. The zero-order valence-corrected chi connectivity index (χ0v) is 16.9. The fourth-order valence-corrected chi connectivity index (χ4v) is 3.53. The number of hydrogen-bond donors (Lipinski definition) is 1. The van der Waals surface area contributed by atoms with Crippen LogP contribution >= 0.6 is 23.4 Å². The number of hydrogen-bond acceptors (Lipinski definition) is 6. The van der Waals surface area contributed by atoms with Gasteiger partial charge in [-0.2, -0.15) is 0 Å². The van der Waals surface area contributed by atoms with E-state index >= 15 is 0 Å². The third kappa shape index (κ3) is 5.54.